The summed E-state index contributed by atoms with van der Waals surface area (Å²) in [6, 6.07) is 0. The lowest BCUT2D eigenvalue weighted by atomic mass is 10.0. The molecule has 0 aromatic heterocycles. The van der Waals surface area contributed by atoms with Crippen LogP contribution >= 0.6 is 0 Å². The molecule has 0 aromatic carbocycles. The van der Waals surface area contributed by atoms with Crippen LogP contribution in [0.1, 0.15) is 34.6 Å². The van der Waals surface area contributed by atoms with Crippen LogP contribution in [0.3, 0.4) is 0 Å². The molecule has 112 valence electrons. The highest BCUT2D eigenvalue weighted by molar-refractivity contribution is 4.94. The van der Waals surface area contributed by atoms with Crippen molar-refractivity contribution in [3.8, 4) is 0 Å². The van der Waals surface area contributed by atoms with E-state index in [9.17, 15) is 10.2 Å². The minimum atomic E-state index is -0.914. The molecule has 0 unspecified atom stereocenters. The molecule has 0 amide bonds. The Morgan fingerprint density at radius 2 is 1.53 bits per heavy atom. The van der Waals surface area contributed by atoms with Crippen LogP contribution in [0.2, 0.25) is 0 Å². The van der Waals surface area contributed by atoms with Crippen LogP contribution in [0.25, 0.3) is 0 Å². The van der Waals surface area contributed by atoms with E-state index in [2.05, 4.69) is 0 Å². The van der Waals surface area contributed by atoms with Gasteiger partial charge in [0.25, 0.3) is 0 Å². The Bertz CT molecular complexity index is 327. The second-order valence-electron chi connectivity index (χ2n) is 6.16. The average molecular weight is 276 g/mol. The Labute approximate surface area is 113 Å². The quantitative estimate of drug-likeness (QED) is 0.777. The van der Waals surface area contributed by atoms with E-state index in [4.69, 9.17) is 18.9 Å². The van der Waals surface area contributed by atoms with Crippen molar-refractivity contribution < 1.29 is 29.2 Å². The standard InChI is InChI=1S/C13H24O6/c1-7(14)10-11(19-13(4,5)18-10)9(15)8-6-16-12(2,3)17-8/h7-11,14-15H,6H2,1-5H3/t7-,8+,9-,10-,11+/m1/s1. The highest BCUT2D eigenvalue weighted by atomic mass is 16.8. The van der Waals surface area contributed by atoms with E-state index in [1.165, 1.54) is 0 Å². The number of hydrogen-bond donors (Lipinski definition) is 2. The van der Waals surface area contributed by atoms with Crippen LogP contribution in [0, 0.1) is 0 Å². The molecule has 2 rings (SSSR count). The topological polar surface area (TPSA) is 77.4 Å². The number of hydrogen-bond acceptors (Lipinski definition) is 6. The molecule has 19 heavy (non-hydrogen) atoms. The molecule has 0 saturated carbocycles. The van der Waals surface area contributed by atoms with Gasteiger partial charge in [0, 0.05) is 0 Å². The van der Waals surface area contributed by atoms with Gasteiger partial charge >= 0.3 is 0 Å². The molecule has 2 aliphatic rings. The van der Waals surface area contributed by atoms with Crippen molar-refractivity contribution in [1.82, 2.24) is 0 Å². The zero-order valence-corrected chi connectivity index (χ0v) is 12.1. The van der Waals surface area contributed by atoms with Crippen molar-refractivity contribution in [2.24, 2.45) is 0 Å². The third-order valence-corrected chi connectivity index (χ3v) is 3.39. The van der Waals surface area contributed by atoms with E-state index in [0.717, 1.165) is 0 Å². The van der Waals surface area contributed by atoms with Gasteiger partial charge in [0.15, 0.2) is 11.6 Å². The monoisotopic (exact) mass is 276 g/mol. The molecule has 5 atom stereocenters. The molecule has 2 heterocycles. The van der Waals surface area contributed by atoms with Crippen molar-refractivity contribution in [2.75, 3.05) is 6.61 Å². The molecule has 6 heteroatoms. The predicted octanol–water partition coefficient (Wildman–Crippen LogP) is 0.400. The SMILES string of the molecule is C[C@@H](O)[C@H]1OC(C)(C)O[C@H]1[C@H](O)[C@@H]1COC(C)(C)O1. The third kappa shape index (κ3) is 3.26. The van der Waals surface area contributed by atoms with Gasteiger partial charge in [-0.15, -0.1) is 0 Å². The number of aliphatic hydroxyl groups excluding tert-OH is 2. The van der Waals surface area contributed by atoms with E-state index < -0.39 is 42.1 Å². The van der Waals surface area contributed by atoms with Gasteiger partial charge in [0.1, 0.15) is 24.4 Å². The van der Waals surface area contributed by atoms with Crippen molar-refractivity contribution in [2.45, 2.75) is 76.7 Å². The highest BCUT2D eigenvalue weighted by Crippen LogP contribution is 2.35. The van der Waals surface area contributed by atoms with E-state index >= 15 is 0 Å². The maximum atomic E-state index is 10.4. The second-order valence-corrected chi connectivity index (χ2v) is 6.16. The maximum Gasteiger partial charge on any atom is 0.164 e. The van der Waals surface area contributed by atoms with Crippen molar-refractivity contribution in [1.29, 1.82) is 0 Å². The smallest absolute Gasteiger partial charge is 0.164 e. The van der Waals surface area contributed by atoms with Gasteiger partial charge in [-0.1, -0.05) is 0 Å². The number of ether oxygens (including phenoxy) is 4. The fourth-order valence-electron chi connectivity index (χ4n) is 2.55. The van der Waals surface area contributed by atoms with Crippen molar-refractivity contribution in [3.05, 3.63) is 0 Å². The molecule has 0 aromatic rings. The van der Waals surface area contributed by atoms with Crippen LogP contribution in [-0.2, 0) is 18.9 Å². The molecule has 0 aliphatic carbocycles. The largest absolute Gasteiger partial charge is 0.391 e. The first-order chi connectivity index (χ1) is 8.61. The summed E-state index contributed by atoms with van der Waals surface area (Å²) in [5.74, 6) is -1.54. The third-order valence-electron chi connectivity index (χ3n) is 3.39. The minimum Gasteiger partial charge on any atom is -0.391 e. The summed E-state index contributed by atoms with van der Waals surface area (Å²) in [5, 5.41) is 20.2. The van der Waals surface area contributed by atoms with E-state index in [-0.39, 0.29) is 0 Å². The maximum absolute atomic E-state index is 10.4. The van der Waals surface area contributed by atoms with Gasteiger partial charge in [0.05, 0.1) is 12.7 Å². The first-order valence-electron chi connectivity index (χ1n) is 6.65. The Kier molecular flexibility index (Phi) is 3.94. The summed E-state index contributed by atoms with van der Waals surface area (Å²) in [4.78, 5) is 0. The molecular formula is C13H24O6. The molecule has 2 N–H and O–H groups in total. The predicted molar refractivity (Wildman–Crippen MR) is 66.4 cm³/mol. The number of aliphatic hydroxyl groups is 2. The van der Waals surface area contributed by atoms with Gasteiger partial charge in [0.2, 0.25) is 0 Å². The molecule has 6 nitrogen and oxygen atoms in total. The van der Waals surface area contributed by atoms with Crippen LogP contribution in [0.5, 0.6) is 0 Å². The molecule has 0 bridgehead atoms. The Balaban J connectivity index is 2.07. The zero-order chi connectivity index (χ0) is 14.4. The van der Waals surface area contributed by atoms with Crippen LogP contribution in [0.15, 0.2) is 0 Å². The molecule has 0 radical (unpaired) electrons. The average Bonchev–Trinajstić information content (AvgIpc) is 2.77. The van der Waals surface area contributed by atoms with Gasteiger partial charge in [-0.25, -0.2) is 0 Å². The van der Waals surface area contributed by atoms with Crippen LogP contribution in [-0.4, -0.2) is 58.9 Å². The zero-order valence-electron chi connectivity index (χ0n) is 12.1. The van der Waals surface area contributed by atoms with Gasteiger partial charge in [-0.3, -0.25) is 0 Å². The molecule has 0 spiro atoms. The summed E-state index contributed by atoms with van der Waals surface area (Å²) in [7, 11) is 0. The lowest BCUT2D eigenvalue weighted by Gasteiger charge is -2.27. The fourth-order valence-corrected chi connectivity index (χ4v) is 2.55. The second kappa shape index (κ2) is 4.95. The van der Waals surface area contributed by atoms with E-state index in [0.29, 0.717) is 6.61 Å². The molecule has 2 saturated heterocycles. The summed E-state index contributed by atoms with van der Waals surface area (Å²) < 4.78 is 22.4. The van der Waals surface area contributed by atoms with Crippen LogP contribution < -0.4 is 0 Å². The summed E-state index contributed by atoms with van der Waals surface area (Å²) in [6.07, 6.45) is -3.37. The van der Waals surface area contributed by atoms with Crippen molar-refractivity contribution in [3.63, 3.8) is 0 Å². The normalized spacial score (nSPS) is 40.3. The van der Waals surface area contributed by atoms with E-state index in [1.54, 1.807) is 34.6 Å². The Morgan fingerprint density at radius 1 is 0.947 bits per heavy atom. The van der Waals surface area contributed by atoms with Crippen molar-refractivity contribution >= 4 is 0 Å². The Morgan fingerprint density at radius 3 is 2.00 bits per heavy atom. The van der Waals surface area contributed by atoms with Gasteiger partial charge < -0.3 is 29.2 Å². The van der Waals surface area contributed by atoms with Crippen LogP contribution in [0.4, 0.5) is 0 Å². The van der Waals surface area contributed by atoms with Gasteiger partial charge in [-0.2, -0.15) is 0 Å². The molecular weight excluding hydrogens is 252 g/mol. The molecule has 2 aliphatic heterocycles. The molecule has 2 fully saturated rings. The highest BCUT2D eigenvalue weighted by Gasteiger charge is 2.51. The summed E-state index contributed by atoms with van der Waals surface area (Å²) >= 11 is 0. The fraction of sp³-hybridized carbons (Fsp3) is 1.00. The van der Waals surface area contributed by atoms with E-state index in [1.807, 2.05) is 0 Å². The lowest BCUT2D eigenvalue weighted by molar-refractivity contribution is -0.179. The first kappa shape index (κ1) is 15.2. The summed E-state index contributed by atoms with van der Waals surface area (Å²) in [6.45, 7) is 9.01. The van der Waals surface area contributed by atoms with Gasteiger partial charge in [-0.05, 0) is 34.6 Å². The minimum absolute atomic E-state index is 0.293. The summed E-state index contributed by atoms with van der Waals surface area (Å²) in [5.41, 5.74) is 0. The lowest BCUT2D eigenvalue weighted by Crippen LogP contribution is -2.47. The Hall–Kier alpha value is -0.240. The first-order valence-corrected chi connectivity index (χ1v) is 6.65. The number of rotatable bonds is 3.